The van der Waals surface area contributed by atoms with E-state index in [-0.39, 0.29) is 11.5 Å². The van der Waals surface area contributed by atoms with E-state index >= 15 is 0 Å². The van der Waals surface area contributed by atoms with E-state index in [1.807, 2.05) is 12.1 Å². The number of ketones is 1. The molecule has 3 rings (SSSR count). The number of fused-ring (bicyclic) bond motifs is 1. The standard InChI is InChI=1S/C18H17NO4/c1-12(23-18(21)16-7-2-3-10-19(16)22)17(20)15-9-8-13-5-4-6-14(13)11-15/h2-3,7-12H,4-6H2,1H3/t12-/m0/s1. The van der Waals surface area contributed by atoms with Crippen molar-refractivity contribution in [3.05, 3.63) is 70.2 Å². The molecule has 1 aliphatic carbocycles. The van der Waals surface area contributed by atoms with Gasteiger partial charge in [-0.2, -0.15) is 4.73 Å². The molecule has 5 heteroatoms. The number of rotatable bonds is 4. The number of pyridine rings is 1. The Labute approximate surface area is 134 Å². The number of hydrogen-bond donors (Lipinski definition) is 0. The van der Waals surface area contributed by atoms with E-state index in [9.17, 15) is 14.8 Å². The summed E-state index contributed by atoms with van der Waals surface area (Å²) in [6.45, 7) is 1.52. The second-order valence-corrected chi connectivity index (χ2v) is 5.66. The molecule has 0 bridgehead atoms. The van der Waals surface area contributed by atoms with E-state index in [0.717, 1.165) is 19.3 Å². The first-order chi connectivity index (χ1) is 11.1. The molecule has 23 heavy (non-hydrogen) atoms. The number of nitrogens with zero attached hydrogens (tertiary/aromatic N) is 1. The first-order valence-electron chi connectivity index (χ1n) is 7.61. The average Bonchev–Trinajstić information content (AvgIpc) is 3.01. The summed E-state index contributed by atoms with van der Waals surface area (Å²) in [5, 5.41) is 11.5. The maximum atomic E-state index is 12.4. The Balaban J connectivity index is 1.73. The lowest BCUT2D eigenvalue weighted by molar-refractivity contribution is -0.608. The zero-order valence-electron chi connectivity index (χ0n) is 12.8. The molecule has 0 N–H and O–H groups in total. The van der Waals surface area contributed by atoms with E-state index in [1.165, 1.54) is 36.4 Å². The SMILES string of the molecule is C[C@H](OC(=O)c1cccc[n+]1[O-])C(=O)c1ccc2c(c1)CCC2. The topological polar surface area (TPSA) is 70.3 Å². The highest BCUT2D eigenvalue weighted by molar-refractivity contribution is 6.01. The third-order valence-electron chi connectivity index (χ3n) is 4.07. The van der Waals surface area contributed by atoms with Crippen molar-refractivity contribution in [3.63, 3.8) is 0 Å². The molecule has 0 fully saturated rings. The van der Waals surface area contributed by atoms with Crippen LogP contribution in [-0.4, -0.2) is 17.9 Å². The predicted molar refractivity (Wildman–Crippen MR) is 83.1 cm³/mol. The van der Waals surface area contributed by atoms with Gasteiger partial charge in [-0.15, -0.1) is 0 Å². The highest BCUT2D eigenvalue weighted by Gasteiger charge is 2.25. The predicted octanol–water partition coefficient (Wildman–Crippen LogP) is 2.24. The van der Waals surface area contributed by atoms with E-state index in [1.54, 1.807) is 12.1 Å². The molecule has 0 spiro atoms. The van der Waals surface area contributed by atoms with Gasteiger partial charge in [0, 0.05) is 17.7 Å². The van der Waals surface area contributed by atoms with Gasteiger partial charge in [0.15, 0.2) is 12.3 Å². The van der Waals surface area contributed by atoms with Crippen LogP contribution in [0.4, 0.5) is 0 Å². The lowest BCUT2D eigenvalue weighted by Gasteiger charge is -2.12. The molecule has 0 saturated carbocycles. The summed E-state index contributed by atoms with van der Waals surface area (Å²) in [5.74, 6) is -1.07. The first-order valence-corrected chi connectivity index (χ1v) is 7.61. The Hall–Kier alpha value is -2.69. The van der Waals surface area contributed by atoms with Crippen LogP contribution < -0.4 is 4.73 Å². The Bertz CT molecular complexity index is 769. The smallest absolute Gasteiger partial charge is 0.405 e. The number of esters is 1. The van der Waals surface area contributed by atoms with Gasteiger partial charge in [-0.25, -0.2) is 4.79 Å². The number of carbonyl (C=O) groups excluding carboxylic acids is 2. The number of aromatic nitrogens is 1. The number of aryl methyl sites for hydroxylation is 2. The van der Waals surface area contributed by atoms with Crippen LogP contribution in [0.1, 0.15) is 45.3 Å². The fourth-order valence-corrected chi connectivity index (χ4v) is 2.82. The summed E-state index contributed by atoms with van der Waals surface area (Å²) in [5.41, 5.74) is 2.87. The molecular formula is C18H17NO4. The second-order valence-electron chi connectivity index (χ2n) is 5.66. The lowest BCUT2D eigenvalue weighted by Crippen LogP contribution is -2.36. The second kappa shape index (κ2) is 6.20. The van der Waals surface area contributed by atoms with Crippen molar-refractivity contribution < 1.29 is 19.1 Å². The Kier molecular flexibility index (Phi) is 4.10. The minimum Gasteiger partial charge on any atom is -0.618 e. The van der Waals surface area contributed by atoms with Crippen molar-refractivity contribution >= 4 is 11.8 Å². The van der Waals surface area contributed by atoms with Gasteiger partial charge in [-0.1, -0.05) is 12.1 Å². The molecule has 0 radical (unpaired) electrons. The van der Waals surface area contributed by atoms with Crippen LogP contribution in [0, 0.1) is 5.21 Å². The molecule has 1 aromatic carbocycles. The molecule has 2 aromatic rings. The van der Waals surface area contributed by atoms with Gasteiger partial charge in [0.05, 0.1) is 0 Å². The van der Waals surface area contributed by atoms with Crippen molar-refractivity contribution in [2.24, 2.45) is 0 Å². The number of carbonyl (C=O) groups is 2. The molecule has 0 aliphatic heterocycles. The summed E-state index contributed by atoms with van der Waals surface area (Å²) in [4.78, 5) is 24.4. The lowest BCUT2D eigenvalue weighted by atomic mass is 10.0. The Morgan fingerprint density at radius 1 is 1.17 bits per heavy atom. The van der Waals surface area contributed by atoms with Crippen LogP contribution in [0.25, 0.3) is 0 Å². The van der Waals surface area contributed by atoms with Crippen LogP contribution in [0.5, 0.6) is 0 Å². The zero-order chi connectivity index (χ0) is 16.4. The molecule has 0 amide bonds. The Morgan fingerprint density at radius 3 is 2.74 bits per heavy atom. The van der Waals surface area contributed by atoms with Crippen molar-refractivity contribution in [1.82, 2.24) is 0 Å². The monoisotopic (exact) mass is 311 g/mol. The minimum absolute atomic E-state index is 0.138. The highest BCUT2D eigenvalue weighted by atomic mass is 16.6. The van der Waals surface area contributed by atoms with Crippen LogP contribution in [0.2, 0.25) is 0 Å². The molecule has 1 heterocycles. The van der Waals surface area contributed by atoms with Crippen LogP contribution in [0.3, 0.4) is 0 Å². The van der Waals surface area contributed by atoms with Gasteiger partial charge in [0.1, 0.15) is 0 Å². The Morgan fingerprint density at radius 2 is 1.96 bits per heavy atom. The molecule has 5 nitrogen and oxygen atoms in total. The van der Waals surface area contributed by atoms with E-state index in [0.29, 0.717) is 10.3 Å². The molecule has 0 saturated heterocycles. The summed E-state index contributed by atoms with van der Waals surface area (Å²) in [6, 6.07) is 10.1. The van der Waals surface area contributed by atoms with E-state index in [4.69, 9.17) is 4.74 Å². The third-order valence-corrected chi connectivity index (χ3v) is 4.07. The fraction of sp³-hybridized carbons (Fsp3) is 0.278. The summed E-state index contributed by atoms with van der Waals surface area (Å²) < 4.78 is 5.57. The van der Waals surface area contributed by atoms with Gasteiger partial charge in [0.25, 0.3) is 0 Å². The highest BCUT2D eigenvalue weighted by Crippen LogP contribution is 2.23. The maximum Gasteiger partial charge on any atom is 0.405 e. The fourth-order valence-electron chi connectivity index (χ4n) is 2.82. The molecule has 118 valence electrons. The van der Waals surface area contributed by atoms with Gasteiger partial charge in [-0.3, -0.25) is 4.79 Å². The van der Waals surface area contributed by atoms with Crippen molar-refractivity contribution in [3.8, 4) is 0 Å². The minimum atomic E-state index is -0.942. The third kappa shape index (κ3) is 3.08. The van der Waals surface area contributed by atoms with Gasteiger partial charge < -0.3 is 9.94 Å². The summed E-state index contributed by atoms with van der Waals surface area (Å²) >= 11 is 0. The van der Waals surface area contributed by atoms with Gasteiger partial charge in [0.2, 0.25) is 5.78 Å². The van der Waals surface area contributed by atoms with Crippen molar-refractivity contribution in [2.75, 3.05) is 0 Å². The molecule has 1 aliphatic rings. The molecule has 1 atom stereocenters. The van der Waals surface area contributed by atoms with Crippen molar-refractivity contribution in [1.29, 1.82) is 0 Å². The molecule has 0 unspecified atom stereocenters. The quantitative estimate of drug-likeness (QED) is 0.376. The summed E-state index contributed by atoms with van der Waals surface area (Å²) in [7, 11) is 0. The van der Waals surface area contributed by atoms with Crippen molar-refractivity contribution in [2.45, 2.75) is 32.3 Å². The van der Waals surface area contributed by atoms with E-state index < -0.39 is 12.1 Å². The van der Waals surface area contributed by atoms with Gasteiger partial charge >= 0.3 is 11.7 Å². The molecule has 1 aromatic heterocycles. The maximum absolute atomic E-state index is 12.4. The van der Waals surface area contributed by atoms with E-state index in [2.05, 4.69) is 0 Å². The number of ether oxygens (including phenoxy) is 1. The van der Waals surface area contributed by atoms with Crippen LogP contribution in [-0.2, 0) is 17.6 Å². The average molecular weight is 311 g/mol. The van der Waals surface area contributed by atoms with Gasteiger partial charge in [-0.05, 0) is 49.4 Å². The number of hydrogen-bond acceptors (Lipinski definition) is 4. The number of Topliss-reactive ketones (excluding diaryl/α,β-unsaturated/α-hetero) is 1. The van der Waals surface area contributed by atoms with Crippen LogP contribution >= 0.6 is 0 Å². The summed E-state index contributed by atoms with van der Waals surface area (Å²) in [6.07, 6.45) is 3.40. The normalized spacial score (nSPS) is 14.1. The largest absolute Gasteiger partial charge is 0.618 e. The number of benzene rings is 1. The zero-order valence-corrected chi connectivity index (χ0v) is 12.8. The molecular weight excluding hydrogens is 294 g/mol. The van der Waals surface area contributed by atoms with Crippen LogP contribution in [0.15, 0.2) is 42.6 Å². The first kappa shape index (κ1) is 15.2.